The summed E-state index contributed by atoms with van der Waals surface area (Å²) in [5.41, 5.74) is 1.39. The molecule has 8 nitrogen and oxygen atoms in total. The maximum atomic E-state index is 13.2. The van der Waals surface area contributed by atoms with Crippen LogP contribution < -0.4 is 20.1 Å². The molecule has 0 bridgehead atoms. The van der Waals surface area contributed by atoms with Gasteiger partial charge in [0, 0.05) is 22.9 Å². The van der Waals surface area contributed by atoms with E-state index in [1.54, 1.807) is 30.3 Å². The van der Waals surface area contributed by atoms with Gasteiger partial charge in [-0.2, -0.15) is 0 Å². The van der Waals surface area contributed by atoms with Gasteiger partial charge in [-0.1, -0.05) is 0 Å². The van der Waals surface area contributed by atoms with Crippen molar-refractivity contribution in [3.63, 3.8) is 0 Å². The summed E-state index contributed by atoms with van der Waals surface area (Å²) >= 11 is 0. The molecule has 0 heterocycles. The van der Waals surface area contributed by atoms with Gasteiger partial charge in [0.15, 0.2) is 0 Å². The number of ether oxygens (including phenoxy) is 1. The average molecular weight is 484 g/mol. The number of hydrogen-bond donors (Lipinski definition) is 3. The molecule has 1 fully saturated rings. The number of benzene rings is 3. The largest absolute Gasteiger partial charge is 0.495 e. The number of rotatable bonds is 8. The molecule has 3 aromatic carbocycles. The quantitative estimate of drug-likeness (QED) is 0.444. The van der Waals surface area contributed by atoms with E-state index in [2.05, 4.69) is 15.4 Å². The van der Waals surface area contributed by atoms with E-state index in [1.807, 2.05) is 0 Å². The Hall–Kier alpha value is -3.92. The lowest BCUT2D eigenvalue weighted by Gasteiger charge is -2.14. The summed E-state index contributed by atoms with van der Waals surface area (Å²) in [6.07, 6.45) is 1.80. The Bertz CT molecular complexity index is 1320. The minimum absolute atomic E-state index is 0.0222. The molecule has 0 aliphatic heterocycles. The maximum absolute atomic E-state index is 13.2. The molecule has 1 saturated carbocycles. The van der Waals surface area contributed by atoms with E-state index in [4.69, 9.17) is 4.74 Å². The molecule has 0 radical (unpaired) electrons. The van der Waals surface area contributed by atoms with Gasteiger partial charge < -0.3 is 15.4 Å². The lowest BCUT2D eigenvalue weighted by molar-refractivity contribution is -0.117. The third-order valence-corrected chi connectivity index (χ3v) is 6.57. The zero-order chi connectivity index (χ0) is 24.3. The third kappa shape index (κ3) is 5.52. The highest BCUT2D eigenvalue weighted by atomic mass is 32.2. The number of methoxy groups -OCH3 is 1. The highest BCUT2D eigenvalue weighted by Crippen LogP contribution is 2.31. The first-order chi connectivity index (χ1) is 16.2. The number of anilines is 3. The van der Waals surface area contributed by atoms with Crippen LogP contribution >= 0.6 is 0 Å². The van der Waals surface area contributed by atoms with Crippen LogP contribution in [-0.4, -0.2) is 27.3 Å². The fourth-order valence-electron chi connectivity index (χ4n) is 3.18. The second kappa shape index (κ2) is 9.52. The van der Waals surface area contributed by atoms with E-state index < -0.39 is 21.7 Å². The molecule has 0 saturated heterocycles. The molecule has 0 unspecified atom stereocenters. The predicted octanol–water partition coefficient (Wildman–Crippen LogP) is 4.24. The average Bonchev–Trinajstić information content (AvgIpc) is 3.65. The third-order valence-electron chi connectivity index (χ3n) is 5.19. The standard InChI is InChI=1S/C24H22FN3O5S/c1-33-22-13-10-19(14-21(22)28-34(31,32)20-11-6-17(25)7-12-20)27-24(30)16-4-8-18(9-5-16)26-23(29)15-2-3-15/h4-15,28H,2-3H2,1H3,(H,26,29)(H,27,30). The Balaban J connectivity index is 1.48. The minimum atomic E-state index is -4.02. The normalized spacial score (nSPS) is 13.1. The number of halogens is 1. The van der Waals surface area contributed by atoms with Crippen LogP contribution in [0.25, 0.3) is 0 Å². The molecule has 0 spiro atoms. The second-order valence-electron chi connectivity index (χ2n) is 7.77. The lowest BCUT2D eigenvalue weighted by Crippen LogP contribution is -2.15. The number of sulfonamides is 1. The van der Waals surface area contributed by atoms with E-state index in [1.165, 1.54) is 19.2 Å². The van der Waals surface area contributed by atoms with Gasteiger partial charge in [0.25, 0.3) is 15.9 Å². The van der Waals surface area contributed by atoms with Gasteiger partial charge in [0.1, 0.15) is 11.6 Å². The van der Waals surface area contributed by atoms with Crippen LogP contribution in [0.5, 0.6) is 5.75 Å². The van der Waals surface area contributed by atoms with E-state index in [0.717, 1.165) is 37.1 Å². The fourth-order valence-corrected chi connectivity index (χ4v) is 4.24. The number of amides is 2. The summed E-state index contributed by atoms with van der Waals surface area (Å²) in [5, 5.41) is 5.51. The first-order valence-electron chi connectivity index (χ1n) is 10.4. The second-order valence-corrected chi connectivity index (χ2v) is 9.45. The van der Waals surface area contributed by atoms with Gasteiger partial charge in [0.05, 0.1) is 17.7 Å². The van der Waals surface area contributed by atoms with Crippen LogP contribution in [0.3, 0.4) is 0 Å². The minimum Gasteiger partial charge on any atom is -0.495 e. The van der Waals surface area contributed by atoms with Crippen molar-refractivity contribution in [3.05, 3.63) is 78.1 Å². The van der Waals surface area contributed by atoms with Gasteiger partial charge >= 0.3 is 0 Å². The van der Waals surface area contributed by atoms with Crippen LogP contribution in [0.2, 0.25) is 0 Å². The topological polar surface area (TPSA) is 114 Å². The van der Waals surface area contributed by atoms with E-state index in [-0.39, 0.29) is 28.2 Å². The maximum Gasteiger partial charge on any atom is 0.262 e. The number of carbonyl (C=O) groups is 2. The molecule has 0 atom stereocenters. The zero-order valence-electron chi connectivity index (χ0n) is 18.2. The first kappa shape index (κ1) is 23.2. The molecule has 176 valence electrons. The van der Waals surface area contributed by atoms with Crippen LogP contribution in [0.15, 0.2) is 71.6 Å². The highest BCUT2D eigenvalue weighted by molar-refractivity contribution is 7.92. The molecule has 34 heavy (non-hydrogen) atoms. The first-order valence-corrected chi connectivity index (χ1v) is 11.9. The number of carbonyl (C=O) groups excluding carboxylic acids is 2. The predicted molar refractivity (Wildman–Crippen MR) is 126 cm³/mol. The summed E-state index contributed by atoms with van der Waals surface area (Å²) < 4.78 is 46.1. The molecule has 3 N–H and O–H groups in total. The summed E-state index contributed by atoms with van der Waals surface area (Å²) in [6.45, 7) is 0. The Labute approximate surface area is 196 Å². The highest BCUT2D eigenvalue weighted by Gasteiger charge is 2.29. The van der Waals surface area contributed by atoms with Gasteiger partial charge in [-0.15, -0.1) is 0 Å². The van der Waals surface area contributed by atoms with Gasteiger partial charge in [-0.3, -0.25) is 14.3 Å². The molecule has 1 aliphatic carbocycles. The van der Waals surface area contributed by atoms with Crippen molar-refractivity contribution < 1.29 is 27.1 Å². The lowest BCUT2D eigenvalue weighted by atomic mass is 10.1. The molecular formula is C24H22FN3O5S. The summed E-state index contributed by atoms with van der Waals surface area (Å²) in [6, 6.07) is 15.3. The Morgan fingerprint density at radius 1 is 0.912 bits per heavy atom. The summed E-state index contributed by atoms with van der Waals surface area (Å²) in [5.74, 6) is -0.685. The number of nitrogens with one attached hydrogen (secondary N) is 3. The van der Waals surface area contributed by atoms with Crippen LogP contribution in [0.4, 0.5) is 21.5 Å². The smallest absolute Gasteiger partial charge is 0.262 e. The van der Waals surface area contributed by atoms with Crippen molar-refractivity contribution in [2.24, 2.45) is 5.92 Å². The molecule has 0 aromatic heterocycles. The Kier molecular flexibility index (Phi) is 6.51. The van der Waals surface area contributed by atoms with Crippen LogP contribution in [0, 0.1) is 11.7 Å². The van der Waals surface area contributed by atoms with Crippen molar-refractivity contribution in [2.45, 2.75) is 17.7 Å². The van der Waals surface area contributed by atoms with Crippen molar-refractivity contribution in [3.8, 4) is 5.75 Å². The van der Waals surface area contributed by atoms with Gasteiger partial charge in [-0.05, 0) is 79.6 Å². The molecule has 2 amide bonds. The molecule has 10 heteroatoms. The van der Waals surface area contributed by atoms with Gasteiger partial charge in [-0.25, -0.2) is 12.8 Å². The van der Waals surface area contributed by atoms with E-state index >= 15 is 0 Å². The Morgan fingerprint density at radius 3 is 2.18 bits per heavy atom. The van der Waals surface area contributed by atoms with Crippen LogP contribution in [0.1, 0.15) is 23.2 Å². The summed E-state index contributed by atoms with van der Waals surface area (Å²) in [7, 11) is -2.64. The van der Waals surface area contributed by atoms with Crippen molar-refractivity contribution in [1.29, 1.82) is 0 Å². The SMILES string of the molecule is COc1ccc(NC(=O)c2ccc(NC(=O)C3CC3)cc2)cc1NS(=O)(=O)c1ccc(F)cc1. The summed E-state index contributed by atoms with van der Waals surface area (Å²) in [4.78, 5) is 24.4. The van der Waals surface area contributed by atoms with Crippen molar-refractivity contribution in [1.82, 2.24) is 0 Å². The molecule has 1 aliphatic rings. The van der Waals surface area contributed by atoms with Gasteiger partial charge in [0.2, 0.25) is 5.91 Å². The van der Waals surface area contributed by atoms with Crippen molar-refractivity contribution in [2.75, 3.05) is 22.5 Å². The van der Waals surface area contributed by atoms with E-state index in [0.29, 0.717) is 16.9 Å². The molecule has 3 aromatic rings. The molecular weight excluding hydrogens is 461 g/mol. The monoisotopic (exact) mass is 483 g/mol. The Morgan fingerprint density at radius 2 is 1.56 bits per heavy atom. The zero-order valence-corrected chi connectivity index (χ0v) is 19.0. The van der Waals surface area contributed by atoms with E-state index in [9.17, 15) is 22.4 Å². The molecule has 4 rings (SSSR count). The number of hydrogen-bond acceptors (Lipinski definition) is 5. The fraction of sp³-hybridized carbons (Fsp3) is 0.167. The van der Waals surface area contributed by atoms with Crippen molar-refractivity contribution >= 4 is 38.9 Å². The van der Waals surface area contributed by atoms with Crippen LogP contribution in [-0.2, 0) is 14.8 Å².